The van der Waals surface area contributed by atoms with Crippen LogP contribution in [0.25, 0.3) is 0 Å². The van der Waals surface area contributed by atoms with E-state index in [1.807, 2.05) is 0 Å². The van der Waals surface area contributed by atoms with Crippen molar-refractivity contribution in [2.45, 2.75) is 24.3 Å². The van der Waals surface area contributed by atoms with E-state index < -0.39 is 27.9 Å². The third-order valence-corrected chi connectivity index (χ3v) is 6.05. The summed E-state index contributed by atoms with van der Waals surface area (Å²) in [5.74, 6) is -1.64. The van der Waals surface area contributed by atoms with Crippen LogP contribution in [0, 0.1) is 5.92 Å². The van der Waals surface area contributed by atoms with Crippen LogP contribution in [0.15, 0.2) is 35.2 Å². The Balaban J connectivity index is 1.92. The molecule has 1 saturated heterocycles. The zero-order valence-electron chi connectivity index (χ0n) is 14.3. The van der Waals surface area contributed by atoms with Crippen molar-refractivity contribution in [3.63, 3.8) is 0 Å². The number of urea groups is 1. The molecule has 2 rings (SSSR count). The summed E-state index contributed by atoms with van der Waals surface area (Å²) in [5.41, 5.74) is 0. The number of carbonyl (C=O) groups is 2. The molecule has 0 aliphatic carbocycles. The van der Waals surface area contributed by atoms with Crippen molar-refractivity contribution >= 4 is 22.0 Å². The second-order valence-corrected chi connectivity index (χ2v) is 8.17. The molecule has 1 fully saturated rings. The lowest BCUT2D eigenvalue weighted by Crippen LogP contribution is -2.46. The molecule has 0 radical (unpaired) electrons. The van der Waals surface area contributed by atoms with Gasteiger partial charge < -0.3 is 15.3 Å². The lowest BCUT2D eigenvalue weighted by Gasteiger charge is -2.23. The minimum absolute atomic E-state index is 0.0832. The summed E-state index contributed by atoms with van der Waals surface area (Å²) < 4.78 is 26.5. The van der Waals surface area contributed by atoms with Gasteiger partial charge in [-0.15, -0.1) is 0 Å². The first-order valence-corrected chi connectivity index (χ1v) is 9.45. The lowest BCUT2D eigenvalue weighted by molar-refractivity contribution is -0.141. The van der Waals surface area contributed by atoms with E-state index in [0.29, 0.717) is 13.0 Å². The molecule has 2 amide bonds. The van der Waals surface area contributed by atoms with Gasteiger partial charge in [-0.25, -0.2) is 13.2 Å². The van der Waals surface area contributed by atoms with E-state index in [2.05, 4.69) is 5.32 Å². The minimum Gasteiger partial charge on any atom is -0.481 e. The van der Waals surface area contributed by atoms with Crippen molar-refractivity contribution in [2.24, 2.45) is 5.92 Å². The van der Waals surface area contributed by atoms with Gasteiger partial charge in [0.15, 0.2) is 0 Å². The average molecular weight is 369 g/mol. The number of nitrogens with one attached hydrogen (secondary N) is 1. The fourth-order valence-corrected chi connectivity index (χ4v) is 4.18. The Labute approximate surface area is 147 Å². The van der Waals surface area contributed by atoms with Crippen molar-refractivity contribution in [3.05, 3.63) is 30.3 Å². The maximum absolute atomic E-state index is 12.6. The Morgan fingerprint density at radius 2 is 2.00 bits per heavy atom. The van der Waals surface area contributed by atoms with E-state index in [9.17, 15) is 18.0 Å². The van der Waals surface area contributed by atoms with Crippen LogP contribution >= 0.6 is 0 Å². The largest absolute Gasteiger partial charge is 0.481 e. The van der Waals surface area contributed by atoms with Crippen molar-refractivity contribution in [1.82, 2.24) is 14.5 Å². The number of aliphatic carboxylic acids is 1. The van der Waals surface area contributed by atoms with Crippen LogP contribution in [-0.4, -0.2) is 67.5 Å². The maximum Gasteiger partial charge on any atom is 0.317 e. The number of carboxylic acid groups (broad SMARTS) is 1. The van der Waals surface area contributed by atoms with Crippen LogP contribution in [0.3, 0.4) is 0 Å². The molecule has 0 bridgehead atoms. The van der Waals surface area contributed by atoms with Gasteiger partial charge in [0, 0.05) is 32.7 Å². The molecule has 8 nitrogen and oxygen atoms in total. The van der Waals surface area contributed by atoms with E-state index >= 15 is 0 Å². The Morgan fingerprint density at radius 1 is 1.36 bits per heavy atom. The minimum atomic E-state index is -3.57. The number of sulfonamides is 1. The summed E-state index contributed by atoms with van der Waals surface area (Å²) >= 11 is 0. The van der Waals surface area contributed by atoms with E-state index in [4.69, 9.17) is 5.11 Å². The van der Waals surface area contributed by atoms with Gasteiger partial charge in [-0.05, 0) is 18.6 Å². The number of hydrogen-bond acceptors (Lipinski definition) is 4. The maximum atomic E-state index is 12.6. The Bertz CT molecular complexity index is 723. The zero-order chi connectivity index (χ0) is 18.6. The molecule has 0 saturated carbocycles. The first-order valence-electron chi connectivity index (χ1n) is 8.01. The lowest BCUT2D eigenvalue weighted by atomic mass is 10.2. The molecule has 1 aromatic rings. The molecule has 2 N–H and O–H groups in total. The van der Waals surface area contributed by atoms with Crippen LogP contribution < -0.4 is 5.32 Å². The topological polar surface area (TPSA) is 107 Å². The van der Waals surface area contributed by atoms with Gasteiger partial charge in [-0.2, -0.15) is 4.31 Å². The summed E-state index contributed by atoms with van der Waals surface area (Å²) in [6.45, 7) is 2.14. The molecule has 1 aliphatic rings. The number of rotatable bonds is 6. The van der Waals surface area contributed by atoms with Crippen molar-refractivity contribution in [1.29, 1.82) is 0 Å². The molecule has 9 heteroatoms. The predicted molar refractivity (Wildman–Crippen MR) is 91.6 cm³/mol. The molecule has 1 unspecified atom stereocenters. The highest BCUT2D eigenvalue weighted by Gasteiger charge is 2.33. The van der Waals surface area contributed by atoms with Gasteiger partial charge >= 0.3 is 12.0 Å². The van der Waals surface area contributed by atoms with E-state index in [1.165, 1.54) is 23.2 Å². The number of amides is 2. The molecule has 0 aromatic heterocycles. The quantitative estimate of drug-likeness (QED) is 0.772. The number of carbonyl (C=O) groups excluding carboxylic acids is 1. The summed E-state index contributed by atoms with van der Waals surface area (Å²) in [4.78, 5) is 24.5. The molecule has 25 heavy (non-hydrogen) atoms. The van der Waals surface area contributed by atoms with Gasteiger partial charge in [0.05, 0.1) is 10.8 Å². The molecule has 1 heterocycles. The Kier molecular flexibility index (Phi) is 6.02. The van der Waals surface area contributed by atoms with Gasteiger partial charge in [-0.1, -0.05) is 25.1 Å². The smallest absolute Gasteiger partial charge is 0.317 e. The zero-order valence-corrected chi connectivity index (χ0v) is 15.1. The van der Waals surface area contributed by atoms with Crippen molar-refractivity contribution in [3.8, 4) is 0 Å². The van der Waals surface area contributed by atoms with Gasteiger partial charge in [0.2, 0.25) is 10.0 Å². The summed E-state index contributed by atoms with van der Waals surface area (Å²) in [5, 5.41) is 11.7. The average Bonchev–Trinajstić information content (AvgIpc) is 3.04. The number of carboxylic acids is 1. The van der Waals surface area contributed by atoms with Crippen LogP contribution in [-0.2, 0) is 14.8 Å². The third-order valence-electron chi connectivity index (χ3n) is 4.18. The Morgan fingerprint density at radius 3 is 2.60 bits per heavy atom. The highest BCUT2D eigenvalue weighted by molar-refractivity contribution is 7.89. The normalized spacial score (nSPS) is 19.4. The van der Waals surface area contributed by atoms with Gasteiger partial charge in [-0.3, -0.25) is 4.79 Å². The molecule has 1 aliphatic heterocycles. The molecular weight excluding hydrogens is 346 g/mol. The summed E-state index contributed by atoms with van der Waals surface area (Å²) in [7, 11) is -2.05. The highest BCUT2D eigenvalue weighted by atomic mass is 32.2. The van der Waals surface area contributed by atoms with Crippen LogP contribution in [0.4, 0.5) is 4.79 Å². The number of hydrogen-bond donors (Lipinski definition) is 2. The van der Waals surface area contributed by atoms with Crippen LogP contribution in [0.1, 0.15) is 13.3 Å². The van der Waals surface area contributed by atoms with E-state index in [1.54, 1.807) is 30.3 Å². The second-order valence-electron chi connectivity index (χ2n) is 6.23. The first kappa shape index (κ1) is 19.2. The van der Waals surface area contributed by atoms with E-state index in [0.717, 1.165) is 0 Å². The van der Waals surface area contributed by atoms with Crippen LogP contribution in [0.2, 0.25) is 0 Å². The Hall–Kier alpha value is -2.13. The summed E-state index contributed by atoms with van der Waals surface area (Å²) in [6, 6.07) is 7.47. The fourth-order valence-electron chi connectivity index (χ4n) is 2.66. The fraction of sp³-hybridized carbons (Fsp3) is 0.500. The standard InChI is InChI=1S/C16H23N3O5S/c1-12(15(20)21)10-18(2)16(22)17-13-8-9-19(11-13)25(23,24)14-6-4-3-5-7-14/h3-7,12-13H,8-11H2,1-2H3,(H,17,22)(H,20,21)/t12?,13-/m0/s1. The molecule has 138 valence electrons. The molecule has 0 spiro atoms. The number of benzene rings is 1. The third kappa shape index (κ3) is 4.70. The SMILES string of the molecule is CC(CN(C)C(=O)N[C@H]1CCN(S(=O)(=O)c2ccccc2)C1)C(=O)O. The van der Waals surface area contributed by atoms with Crippen molar-refractivity contribution < 1.29 is 23.1 Å². The number of nitrogens with zero attached hydrogens (tertiary/aromatic N) is 2. The highest BCUT2D eigenvalue weighted by Crippen LogP contribution is 2.20. The monoisotopic (exact) mass is 369 g/mol. The molecular formula is C16H23N3O5S. The molecule has 2 atom stereocenters. The summed E-state index contributed by atoms with van der Waals surface area (Å²) in [6.07, 6.45) is 0.514. The van der Waals surface area contributed by atoms with E-state index in [-0.39, 0.29) is 24.0 Å². The predicted octanol–water partition coefficient (Wildman–Crippen LogP) is 0.812. The first-order chi connectivity index (χ1) is 11.7. The van der Waals surface area contributed by atoms with Crippen molar-refractivity contribution in [2.75, 3.05) is 26.7 Å². The molecule has 1 aromatic carbocycles. The van der Waals surface area contributed by atoms with Gasteiger partial charge in [0.25, 0.3) is 0 Å². The second kappa shape index (κ2) is 7.83. The van der Waals surface area contributed by atoms with Crippen LogP contribution in [0.5, 0.6) is 0 Å². The van der Waals surface area contributed by atoms with Gasteiger partial charge in [0.1, 0.15) is 0 Å².